The van der Waals surface area contributed by atoms with Crippen LogP contribution in [0.2, 0.25) is 19.6 Å². The predicted octanol–water partition coefficient (Wildman–Crippen LogP) is 8.90. The van der Waals surface area contributed by atoms with Crippen LogP contribution in [0.5, 0.6) is 0 Å². The van der Waals surface area contributed by atoms with Crippen molar-refractivity contribution in [3.05, 3.63) is 108 Å². The molecule has 6 heteroatoms. The summed E-state index contributed by atoms with van der Waals surface area (Å²) >= 11 is 0. The Kier molecular flexibility index (Phi) is 9.17. The SMILES string of the molecule is C[Si](C)(C)c1cnc(-c2[c-]cccc2)cc1C1CCCC1.Cc1ccnc(-c2[c-]cc3oc4ccccc4c3n2)c1.[Ir]. The Morgan fingerprint density at radius 1 is 0.857 bits per heavy atom. The van der Waals surface area contributed by atoms with E-state index in [9.17, 15) is 0 Å². The smallest absolute Gasteiger partial charge is 0.119 e. The van der Waals surface area contributed by atoms with Crippen molar-refractivity contribution in [3.63, 3.8) is 0 Å². The zero-order valence-electron chi connectivity index (χ0n) is 24.6. The van der Waals surface area contributed by atoms with E-state index in [2.05, 4.69) is 66.1 Å². The fraction of sp³-hybridized carbons (Fsp3) is 0.250. The molecule has 4 nitrogen and oxygen atoms in total. The van der Waals surface area contributed by atoms with Crippen molar-refractivity contribution >= 4 is 35.3 Å². The molecule has 0 spiro atoms. The van der Waals surface area contributed by atoms with Gasteiger partial charge in [-0.25, -0.2) is 0 Å². The zero-order valence-corrected chi connectivity index (χ0v) is 28.0. The van der Waals surface area contributed by atoms with Crippen LogP contribution in [0.25, 0.3) is 44.7 Å². The topological polar surface area (TPSA) is 51.8 Å². The van der Waals surface area contributed by atoms with Crippen molar-refractivity contribution in [2.45, 2.75) is 58.2 Å². The number of para-hydroxylation sites is 1. The van der Waals surface area contributed by atoms with Gasteiger partial charge in [0.2, 0.25) is 0 Å². The molecule has 6 aromatic rings. The van der Waals surface area contributed by atoms with Gasteiger partial charge in [-0.15, -0.1) is 42.0 Å². The first-order chi connectivity index (χ1) is 19.9. The molecule has 4 aromatic heterocycles. The number of hydrogen-bond donors (Lipinski definition) is 0. The Morgan fingerprint density at radius 3 is 2.38 bits per heavy atom. The summed E-state index contributed by atoms with van der Waals surface area (Å²) < 4.78 is 5.75. The Labute approximate surface area is 263 Å². The van der Waals surface area contributed by atoms with Crippen LogP contribution in [0.1, 0.15) is 42.7 Å². The van der Waals surface area contributed by atoms with Gasteiger partial charge in [0.1, 0.15) is 5.58 Å². The normalized spacial score (nSPS) is 13.5. The molecule has 0 N–H and O–H groups in total. The van der Waals surface area contributed by atoms with Crippen LogP contribution in [0.4, 0.5) is 0 Å². The molecule has 0 unspecified atom stereocenters. The Balaban J connectivity index is 0.000000164. The fourth-order valence-electron chi connectivity index (χ4n) is 5.71. The second kappa shape index (κ2) is 12.8. The van der Waals surface area contributed by atoms with E-state index in [4.69, 9.17) is 9.40 Å². The predicted molar refractivity (Wildman–Crippen MR) is 171 cm³/mol. The first kappa shape index (κ1) is 30.0. The van der Waals surface area contributed by atoms with Crippen LogP contribution in [-0.4, -0.2) is 23.0 Å². The molecule has 1 fully saturated rings. The largest absolute Gasteiger partial charge is 0.513 e. The standard InChI is InChI=1S/C19H24NSi.C17H11N2O.Ir/c1-21(2,3)19-14-20-18(16-11-5-4-6-12-16)13-17(19)15-9-7-8-10-15;1-11-8-9-18-14(10-11)13-6-7-16-17(19-13)12-4-2-3-5-15(12)20-16;/h4-6,11,13-15H,7-10H2,1-3H3;2-5,7-10H,1H3;/q2*-1;. The summed E-state index contributed by atoms with van der Waals surface area (Å²) in [6.45, 7) is 9.32. The second-order valence-corrected chi connectivity index (χ2v) is 17.0. The van der Waals surface area contributed by atoms with Gasteiger partial charge >= 0.3 is 0 Å². The van der Waals surface area contributed by atoms with E-state index in [1.807, 2.05) is 61.5 Å². The molecule has 0 bridgehead atoms. The van der Waals surface area contributed by atoms with Gasteiger partial charge < -0.3 is 14.4 Å². The summed E-state index contributed by atoms with van der Waals surface area (Å²) in [5.41, 5.74) is 8.96. The average molecular weight is 746 g/mol. The summed E-state index contributed by atoms with van der Waals surface area (Å²) in [7, 11) is -1.34. The van der Waals surface area contributed by atoms with Gasteiger partial charge in [-0.2, -0.15) is 6.07 Å². The minimum absolute atomic E-state index is 0. The number of fused-ring (bicyclic) bond motifs is 3. The quantitative estimate of drug-likeness (QED) is 0.134. The number of furan rings is 1. The fourth-order valence-corrected chi connectivity index (χ4v) is 7.31. The van der Waals surface area contributed by atoms with Gasteiger partial charge in [0.25, 0.3) is 0 Å². The van der Waals surface area contributed by atoms with Gasteiger partial charge in [0.15, 0.2) is 0 Å². The molecule has 0 amide bonds. The first-order valence-corrected chi connectivity index (χ1v) is 18.0. The van der Waals surface area contributed by atoms with Gasteiger partial charge in [-0.3, -0.25) is 4.98 Å². The van der Waals surface area contributed by atoms with Crippen LogP contribution in [-0.2, 0) is 20.1 Å². The van der Waals surface area contributed by atoms with E-state index in [0.717, 1.165) is 56.2 Å². The van der Waals surface area contributed by atoms with Crippen molar-refractivity contribution < 1.29 is 24.5 Å². The summed E-state index contributed by atoms with van der Waals surface area (Å²) in [5, 5.41) is 2.57. The van der Waals surface area contributed by atoms with Crippen molar-refractivity contribution in [1.29, 1.82) is 0 Å². The number of rotatable bonds is 4. The number of pyridine rings is 3. The first-order valence-electron chi connectivity index (χ1n) is 14.5. The molecule has 7 rings (SSSR count). The maximum Gasteiger partial charge on any atom is 0.119 e. The van der Waals surface area contributed by atoms with Crippen LogP contribution in [0.3, 0.4) is 0 Å². The molecule has 42 heavy (non-hydrogen) atoms. The molecule has 4 heterocycles. The number of nitrogens with zero attached hydrogens (tertiary/aromatic N) is 3. The zero-order chi connectivity index (χ0) is 28.4. The van der Waals surface area contributed by atoms with E-state index < -0.39 is 8.07 Å². The molecule has 0 aliphatic heterocycles. The second-order valence-electron chi connectivity index (χ2n) is 11.9. The molecular formula is C36H35IrN3OSi-2. The molecule has 1 aliphatic rings. The van der Waals surface area contributed by atoms with Gasteiger partial charge in [-0.05, 0) is 60.1 Å². The number of hydrogen-bond acceptors (Lipinski definition) is 4. The van der Waals surface area contributed by atoms with Gasteiger partial charge in [0.05, 0.1) is 19.2 Å². The molecule has 2 aromatic carbocycles. The number of benzene rings is 2. The maximum absolute atomic E-state index is 5.75. The molecule has 215 valence electrons. The third-order valence-electron chi connectivity index (χ3n) is 7.84. The van der Waals surface area contributed by atoms with Crippen molar-refractivity contribution in [2.24, 2.45) is 0 Å². The van der Waals surface area contributed by atoms with E-state index in [0.29, 0.717) is 0 Å². The van der Waals surface area contributed by atoms with Crippen LogP contribution < -0.4 is 5.19 Å². The average Bonchev–Trinajstić information content (AvgIpc) is 3.65. The monoisotopic (exact) mass is 746 g/mol. The molecule has 0 saturated heterocycles. The van der Waals surface area contributed by atoms with E-state index in [1.54, 1.807) is 16.9 Å². The van der Waals surface area contributed by atoms with E-state index >= 15 is 0 Å². The molecule has 0 atom stereocenters. The summed E-state index contributed by atoms with van der Waals surface area (Å²) in [6, 6.07) is 30.7. The Bertz CT molecular complexity index is 1800. The van der Waals surface area contributed by atoms with E-state index in [-0.39, 0.29) is 20.1 Å². The summed E-state index contributed by atoms with van der Waals surface area (Å²) in [5.74, 6) is 0.747. The summed E-state index contributed by atoms with van der Waals surface area (Å²) in [6.07, 6.45) is 9.41. The molecular weight excluding hydrogens is 711 g/mol. The molecule has 1 aliphatic carbocycles. The summed E-state index contributed by atoms with van der Waals surface area (Å²) in [4.78, 5) is 13.8. The maximum atomic E-state index is 5.75. The minimum Gasteiger partial charge on any atom is -0.513 e. The van der Waals surface area contributed by atoms with Crippen molar-refractivity contribution in [1.82, 2.24) is 15.0 Å². The Hall–Kier alpha value is -3.44. The van der Waals surface area contributed by atoms with Crippen LogP contribution in [0.15, 0.2) is 89.6 Å². The third kappa shape index (κ3) is 6.46. The van der Waals surface area contributed by atoms with E-state index in [1.165, 1.54) is 25.7 Å². The van der Waals surface area contributed by atoms with Crippen molar-refractivity contribution in [2.75, 3.05) is 0 Å². The Morgan fingerprint density at radius 2 is 1.64 bits per heavy atom. The minimum atomic E-state index is -1.34. The van der Waals surface area contributed by atoms with Crippen LogP contribution >= 0.6 is 0 Å². The van der Waals surface area contributed by atoms with Gasteiger partial charge in [-0.1, -0.05) is 73.9 Å². The van der Waals surface area contributed by atoms with Crippen LogP contribution in [0, 0.1) is 19.1 Å². The number of aryl methyl sites for hydroxylation is 1. The number of aromatic nitrogens is 3. The van der Waals surface area contributed by atoms with Crippen molar-refractivity contribution in [3.8, 4) is 22.6 Å². The molecule has 1 saturated carbocycles. The third-order valence-corrected chi connectivity index (χ3v) is 9.87. The molecule has 1 radical (unpaired) electrons. The van der Waals surface area contributed by atoms with Gasteiger partial charge in [0, 0.05) is 37.9 Å².